The van der Waals surface area contributed by atoms with E-state index in [1.807, 2.05) is 33.8 Å². The van der Waals surface area contributed by atoms with Crippen LogP contribution in [0.2, 0.25) is 5.02 Å². The van der Waals surface area contributed by atoms with E-state index in [0.29, 0.717) is 22.8 Å². The highest BCUT2D eigenvalue weighted by atomic mass is 35.5. The summed E-state index contributed by atoms with van der Waals surface area (Å²) >= 11 is 6.42. The standard InChI is InChI=1S/C31H38ClN3O4S/c1-6-7-19-33-31(37)25(5)34(20-26-12-8-9-13-28(26)32)30(36)21-35(29-14-10-11-23(3)24(29)4)40(38,39)27-17-15-22(2)16-18-27/h8-18,25H,6-7,19-21H2,1-5H3,(H,33,37). The quantitative estimate of drug-likeness (QED) is 0.273. The van der Waals surface area contributed by atoms with Crippen LogP contribution in [0.4, 0.5) is 5.69 Å². The van der Waals surface area contributed by atoms with E-state index in [2.05, 4.69) is 5.32 Å². The smallest absolute Gasteiger partial charge is 0.264 e. The molecule has 0 saturated heterocycles. The van der Waals surface area contributed by atoms with Crippen LogP contribution in [0.1, 0.15) is 48.9 Å². The lowest BCUT2D eigenvalue weighted by atomic mass is 10.1. The van der Waals surface area contributed by atoms with Crippen LogP contribution < -0.4 is 9.62 Å². The van der Waals surface area contributed by atoms with Crippen LogP contribution in [0.3, 0.4) is 0 Å². The molecule has 1 unspecified atom stereocenters. The molecule has 1 N–H and O–H groups in total. The molecular weight excluding hydrogens is 546 g/mol. The van der Waals surface area contributed by atoms with E-state index in [4.69, 9.17) is 11.6 Å². The number of nitrogens with zero attached hydrogens (tertiary/aromatic N) is 2. The predicted molar refractivity (Wildman–Crippen MR) is 161 cm³/mol. The zero-order valence-corrected chi connectivity index (χ0v) is 25.3. The van der Waals surface area contributed by atoms with Crippen LogP contribution in [0.15, 0.2) is 71.6 Å². The first-order valence-electron chi connectivity index (χ1n) is 13.4. The summed E-state index contributed by atoms with van der Waals surface area (Å²) in [5.74, 6) is -0.830. The molecule has 0 bridgehead atoms. The highest BCUT2D eigenvalue weighted by molar-refractivity contribution is 7.92. The Kier molecular flexibility index (Phi) is 10.8. The van der Waals surface area contributed by atoms with Crippen LogP contribution in [-0.2, 0) is 26.2 Å². The molecule has 0 radical (unpaired) electrons. The lowest BCUT2D eigenvalue weighted by molar-refractivity contribution is -0.139. The molecule has 3 rings (SSSR count). The van der Waals surface area contributed by atoms with Crippen molar-refractivity contribution < 1.29 is 18.0 Å². The lowest BCUT2D eigenvalue weighted by Crippen LogP contribution is -2.51. The van der Waals surface area contributed by atoms with Gasteiger partial charge in [-0.05, 0) is 75.1 Å². The summed E-state index contributed by atoms with van der Waals surface area (Å²) in [5.41, 5.74) is 3.62. The largest absolute Gasteiger partial charge is 0.354 e. The Morgan fingerprint density at radius 2 is 1.62 bits per heavy atom. The monoisotopic (exact) mass is 583 g/mol. The number of halogens is 1. The molecule has 3 aromatic carbocycles. The molecular formula is C31H38ClN3O4S. The van der Waals surface area contributed by atoms with E-state index >= 15 is 0 Å². The van der Waals surface area contributed by atoms with Crippen molar-refractivity contribution in [3.8, 4) is 0 Å². The van der Waals surface area contributed by atoms with Crippen molar-refractivity contribution in [1.82, 2.24) is 10.2 Å². The van der Waals surface area contributed by atoms with Gasteiger partial charge in [-0.15, -0.1) is 0 Å². The zero-order chi connectivity index (χ0) is 29.4. The third-order valence-electron chi connectivity index (χ3n) is 7.03. The first-order chi connectivity index (χ1) is 19.0. The van der Waals surface area contributed by atoms with Gasteiger partial charge < -0.3 is 10.2 Å². The summed E-state index contributed by atoms with van der Waals surface area (Å²) in [4.78, 5) is 28.6. The maximum absolute atomic E-state index is 14.0. The SMILES string of the molecule is CCCCNC(=O)C(C)N(Cc1ccccc1Cl)C(=O)CN(c1cccc(C)c1C)S(=O)(=O)c1ccc(C)cc1. The molecule has 0 aliphatic heterocycles. The van der Waals surface area contributed by atoms with Crippen LogP contribution in [-0.4, -0.2) is 44.3 Å². The number of rotatable bonds is 12. The second kappa shape index (κ2) is 13.8. The fraction of sp³-hybridized carbons (Fsp3) is 0.355. The van der Waals surface area contributed by atoms with Crippen molar-refractivity contribution in [2.75, 3.05) is 17.4 Å². The van der Waals surface area contributed by atoms with Gasteiger partial charge in [-0.3, -0.25) is 13.9 Å². The molecule has 40 heavy (non-hydrogen) atoms. The molecule has 0 aliphatic rings. The van der Waals surface area contributed by atoms with Crippen LogP contribution in [0.5, 0.6) is 0 Å². The summed E-state index contributed by atoms with van der Waals surface area (Å²) in [6.45, 7) is 9.32. The number of aryl methyl sites for hydroxylation is 2. The number of hydrogen-bond donors (Lipinski definition) is 1. The second-order valence-corrected chi connectivity index (χ2v) is 12.2. The van der Waals surface area contributed by atoms with Crippen LogP contribution in [0.25, 0.3) is 0 Å². The Labute approximate surface area is 243 Å². The molecule has 2 amide bonds. The molecule has 7 nitrogen and oxygen atoms in total. The summed E-state index contributed by atoms with van der Waals surface area (Å²) in [6, 6.07) is 18.1. The van der Waals surface area contributed by atoms with Crippen molar-refractivity contribution in [3.05, 3.63) is 94.0 Å². The molecule has 0 aromatic heterocycles. The molecule has 0 spiro atoms. The van der Waals surface area contributed by atoms with Crippen LogP contribution >= 0.6 is 11.6 Å². The van der Waals surface area contributed by atoms with E-state index in [1.165, 1.54) is 4.90 Å². The number of carbonyl (C=O) groups excluding carboxylic acids is 2. The fourth-order valence-electron chi connectivity index (χ4n) is 4.29. The summed E-state index contributed by atoms with van der Waals surface area (Å²) in [7, 11) is -4.12. The minimum atomic E-state index is -4.12. The average molecular weight is 584 g/mol. The van der Waals surface area contributed by atoms with Crippen molar-refractivity contribution in [1.29, 1.82) is 0 Å². The van der Waals surface area contributed by atoms with E-state index < -0.39 is 28.5 Å². The van der Waals surface area contributed by atoms with Gasteiger partial charge in [0.1, 0.15) is 12.6 Å². The van der Waals surface area contributed by atoms with Gasteiger partial charge in [0, 0.05) is 18.1 Å². The van der Waals surface area contributed by atoms with Gasteiger partial charge in [0.05, 0.1) is 10.6 Å². The summed E-state index contributed by atoms with van der Waals surface area (Å²) in [6.07, 6.45) is 1.73. The number of anilines is 1. The molecule has 9 heteroatoms. The van der Waals surface area contributed by atoms with E-state index in [1.54, 1.807) is 67.6 Å². The third-order valence-corrected chi connectivity index (χ3v) is 9.17. The zero-order valence-electron chi connectivity index (χ0n) is 23.8. The Hall–Kier alpha value is -3.36. The fourth-order valence-corrected chi connectivity index (χ4v) is 5.95. The van der Waals surface area contributed by atoms with E-state index in [0.717, 1.165) is 33.8 Å². The van der Waals surface area contributed by atoms with Gasteiger partial charge in [0.2, 0.25) is 11.8 Å². The molecule has 0 fully saturated rings. The van der Waals surface area contributed by atoms with Gasteiger partial charge in [0.15, 0.2) is 0 Å². The van der Waals surface area contributed by atoms with E-state index in [-0.39, 0.29) is 17.3 Å². The number of carbonyl (C=O) groups is 2. The lowest BCUT2D eigenvalue weighted by Gasteiger charge is -2.32. The highest BCUT2D eigenvalue weighted by Crippen LogP contribution is 2.29. The van der Waals surface area contributed by atoms with Gasteiger partial charge >= 0.3 is 0 Å². The number of benzene rings is 3. The normalized spacial score (nSPS) is 12.1. The number of amides is 2. The summed E-state index contributed by atoms with van der Waals surface area (Å²) in [5, 5.41) is 3.34. The number of sulfonamides is 1. The number of nitrogens with one attached hydrogen (secondary N) is 1. The molecule has 3 aromatic rings. The number of unbranched alkanes of at least 4 members (excludes halogenated alkanes) is 1. The van der Waals surface area contributed by atoms with Crippen LogP contribution in [0, 0.1) is 20.8 Å². The van der Waals surface area contributed by atoms with Crippen molar-refractivity contribution in [3.63, 3.8) is 0 Å². The topological polar surface area (TPSA) is 86.8 Å². The van der Waals surface area contributed by atoms with Crippen molar-refractivity contribution >= 4 is 39.1 Å². The molecule has 0 saturated carbocycles. The average Bonchev–Trinajstić information content (AvgIpc) is 2.92. The van der Waals surface area contributed by atoms with Crippen molar-refractivity contribution in [2.45, 2.75) is 64.9 Å². The first-order valence-corrected chi connectivity index (χ1v) is 15.2. The second-order valence-electron chi connectivity index (χ2n) is 9.98. The predicted octanol–water partition coefficient (Wildman–Crippen LogP) is 5.79. The summed E-state index contributed by atoms with van der Waals surface area (Å²) < 4.78 is 29.2. The van der Waals surface area contributed by atoms with Gasteiger partial charge in [-0.2, -0.15) is 0 Å². The first kappa shape index (κ1) is 31.2. The maximum Gasteiger partial charge on any atom is 0.264 e. The van der Waals surface area contributed by atoms with Gasteiger partial charge in [-0.1, -0.05) is 73.0 Å². The maximum atomic E-state index is 14.0. The van der Waals surface area contributed by atoms with Gasteiger partial charge in [0.25, 0.3) is 10.0 Å². The van der Waals surface area contributed by atoms with E-state index in [9.17, 15) is 18.0 Å². The number of hydrogen-bond acceptors (Lipinski definition) is 4. The highest BCUT2D eigenvalue weighted by Gasteiger charge is 2.33. The Morgan fingerprint density at radius 3 is 2.27 bits per heavy atom. The Morgan fingerprint density at radius 1 is 0.950 bits per heavy atom. The minimum Gasteiger partial charge on any atom is -0.354 e. The van der Waals surface area contributed by atoms with Crippen molar-refractivity contribution in [2.24, 2.45) is 0 Å². The van der Waals surface area contributed by atoms with Gasteiger partial charge in [-0.25, -0.2) is 8.42 Å². The Bertz CT molecular complexity index is 1440. The minimum absolute atomic E-state index is 0.0477. The third kappa shape index (κ3) is 7.43. The molecule has 1 atom stereocenters. The molecule has 214 valence electrons. The Balaban J connectivity index is 2.05. The molecule has 0 aliphatic carbocycles. The molecule has 0 heterocycles.